The van der Waals surface area contributed by atoms with Gasteiger partial charge in [0, 0.05) is 17.0 Å². The summed E-state index contributed by atoms with van der Waals surface area (Å²) < 4.78 is 0. The fourth-order valence-electron chi connectivity index (χ4n) is 4.66. The van der Waals surface area contributed by atoms with E-state index in [-0.39, 0.29) is 11.7 Å². The second-order valence-corrected chi connectivity index (χ2v) is 9.43. The quantitative estimate of drug-likeness (QED) is 0.574. The van der Waals surface area contributed by atoms with Gasteiger partial charge in [0.25, 0.3) is 0 Å². The number of aryl methyl sites for hydroxylation is 1. The number of aliphatic imine (C=N–C) groups is 1. The van der Waals surface area contributed by atoms with Crippen molar-refractivity contribution in [2.24, 2.45) is 22.7 Å². The van der Waals surface area contributed by atoms with Crippen molar-refractivity contribution < 1.29 is 9.90 Å². The molecule has 3 N–H and O–H groups in total. The maximum Gasteiger partial charge on any atom is 0.164 e. The molecule has 1 heterocycles. The maximum absolute atomic E-state index is 13.8. The molecule has 0 aromatic heterocycles. The summed E-state index contributed by atoms with van der Waals surface area (Å²) in [5.74, 6) is 6.68. The molecule has 4 rings (SSSR count). The lowest BCUT2D eigenvalue weighted by Gasteiger charge is -2.27. The van der Waals surface area contributed by atoms with Crippen molar-refractivity contribution in [3.63, 3.8) is 0 Å². The van der Waals surface area contributed by atoms with E-state index in [2.05, 4.69) is 13.0 Å². The summed E-state index contributed by atoms with van der Waals surface area (Å²) in [4.78, 5) is 18.8. The van der Waals surface area contributed by atoms with Gasteiger partial charge in [-0.3, -0.25) is 9.79 Å². The normalized spacial score (nSPS) is 20.2. The number of aliphatic hydroxyl groups is 1. The molecule has 1 saturated carbocycles. The highest BCUT2D eigenvalue weighted by molar-refractivity contribution is 6.17. The number of rotatable bonds is 9. The average molecular weight is 434 g/mol. The number of aliphatic hydroxyl groups excluding tert-OH is 1. The number of unbranched alkanes of at least 4 members (excludes halogenated alkanes) is 1. The van der Waals surface area contributed by atoms with Gasteiger partial charge in [0.1, 0.15) is 6.04 Å². The second kappa shape index (κ2) is 9.97. The SMILES string of the molecule is CCCCC(O)C(CC1CC1)C(=O)[C@@H]1CN(N)c2ccc(C)cc2C(c2ccccc2)=N1. The number of fused-ring (bicyclic) bond motifs is 1. The van der Waals surface area contributed by atoms with Crippen LogP contribution >= 0.6 is 0 Å². The number of nitrogens with two attached hydrogens (primary N) is 1. The molecule has 1 aliphatic heterocycles. The van der Waals surface area contributed by atoms with E-state index in [1.54, 1.807) is 5.01 Å². The number of hydrogen-bond donors (Lipinski definition) is 2. The summed E-state index contributed by atoms with van der Waals surface area (Å²) in [5.41, 5.74) is 4.70. The van der Waals surface area contributed by atoms with Crippen LogP contribution < -0.4 is 10.9 Å². The Hall–Kier alpha value is -2.50. The molecular formula is C27H35N3O2. The number of carbonyl (C=O) groups is 1. The van der Waals surface area contributed by atoms with Crippen molar-refractivity contribution in [2.45, 2.75) is 64.5 Å². The first-order chi connectivity index (χ1) is 15.5. The van der Waals surface area contributed by atoms with Gasteiger partial charge < -0.3 is 10.1 Å². The van der Waals surface area contributed by atoms with Crippen LogP contribution in [0.4, 0.5) is 5.69 Å². The lowest BCUT2D eigenvalue weighted by atomic mass is 9.85. The minimum atomic E-state index is -0.613. The fraction of sp³-hybridized carbons (Fsp3) is 0.481. The maximum atomic E-state index is 13.8. The number of nitrogens with zero attached hydrogens (tertiary/aromatic N) is 2. The van der Waals surface area contributed by atoms with Crippen LogP contribution in [-0.4, -0.2) is 35.3 Å². The fourth-order valence-corrected chi connectivity index (χ4v) is 4.66. The average Bonchev–Trinajstić information content (AvgIpc) is 3.63. The van der Waals surface area contributed by atoms with Gasteiger partial charge in [0.05, 0.1) is 24.0 Å². The molecule has 3 atom stereocenters. The molecule has 0 saturated heterocycles. The highest BCUT2D eigenvalue weighted by Crippen LogP contribution is 2.38. The van der Waals surface area contributed by atoms with Crippen LogP contribution in [0.15, 0.2) is 53.5 Å². The first-order valence-electron chi connectivity index (χ1n) is 12.0. The summed E-state index contributed by atoms with van der Waals surface area (Å²) in [7, 11) is 0. The van der Waals surface area contributed by atoms with Crippen LogP contribution in [0.25, 0.3) is 0 Å². The van der Waals surface area contributed by atoms with Gasteiger partial charge in [-0.25, -0.2) is 5.84 Å². The van der Waals surface area contributed by atoms with Crippen molar-refractivity contribution in [3.8, 4) is 0 Å². The number of ketones is 1. The molecule has 1 fully saturated rings. The molecule has 1 aliphatic carbocycles. The molecule has 170 valence electrons. The van der Waals surface area contributed by atoms with E-state index in [9.17, 15) is 9.90 Å². The van der Waals surface area contributed by atoms with Crippen LogP contribution in [0.1, 0.15) is 62.1 Å². The third-order valence-corrected chi connectivity index (χ3v) is 6.71. The van der Waals surface area contributed by atoms with Crippen molar-refractivity contribution in [1.29, 1.82) is 0 Å². The van der Waals surface area contributed by atoms with E-state index in [0.29, 0.717) is 18.9 Å². The van der Waals surface area contributed by atoms with E-state index >= 15 is 0 Å². The number of hydrogen-bond acceptors (Lipinski definition) is 5. The van der Waals surface area contributed by atoms with Gasteiger partial charge in [-0.1, -0.05) is 74.6 Å². The Labute approximate surface area is 191 Å². The van der Waals surface area contributed by atoms with Crippen LogP contribution in [0.2, 0.25) is 0 Å². The molecule has 0 spiro atoms. The van der Waals surface area contributed by atoms with Gasteiger partial charge in [-0.2, -0.15) is 0 Å². The number of benzodiazepines with no additional fused rings is 1. The molecule has 5 nitrogen and oxygen atoms in total. The minimum Gasteiger partial charge on any atom is -0.392 e. The highest BCUT2D eigenvalue weighted by Gasteiger charge is 2.38. The molecule has 32 heavy (non-hydrogen) atoms. The van der Waals surface area contributed by atoms with Gasteiger partial charge >= 0.3 is 0 Å². The monoisotopic (exact) mass is 433 g/mol. The van der Waals surface area contributed by atoms with Gasteiger partial charge in [0.2, 0.25) is 0 Å². The van der Waals surface area contributed by atoms with E-state index < -0.39 is 12.1 Å². The smallest absolute Gasteiger partial charge is 0.164 e. The summed E-state index contributed by atoms with van der Waals surface area (Å²) in [6.07, 6.45) is 5.04. The molecule has 2 unspecified atom stereocenters. The van der Waals surface area contributed by atoms with E-state index in [1.165, 1.54) is 0 Å². The Morgan fingerprint density at radius 1 is 1.22 bits per heavy atom. The lowest BCUT2D eigenvalue weighted by Crippen LogP contribution is -2.44. The zero-order chi connectivity index (χ0) is 22.7. The van der Waals surface area contributed by atoms with Crippen LogP contribution in [0.5, 0.6) is 0 Å². The largest absolute Gasteiger partial charge is 0.392 e. The summed E-state index contributed by atoms with van der Waals surface area (Å²) in [6.45, 7) is 4.47. The Kier molecular flexibility index (Phi) is 7.07. The predicted octanol–water partition coefficient (Wildman–Crippen LogP) is 4.43. The number of carbonyl (C=O) groups excluding carboxylic acids is 1. The Morgan fingerprint density at radius 3 is 2.66 bits per heavy atom. The molecular weight excluding hydrogens is 398 g/mol. The Morgan fingerprint density at radius 2 is 1.97 bits per heavy atom. The number of benzene rings is 2. The number of anilines is 1. The van der Waals surface area contributed by atoms with Crippen molar-refractivity contribution in [3.05, 3.63) is 65.2 Å². The molecule has 2 aliphatic rings. The van der Waals surface area contributed by atoms with Crippen molar-refractivity contribution in [1.82, 2.24) is 0 Å². The zero-order valence-electron chi connectivity index (χ0n) is 19.2. The Balaban J connectivity index is 1.72. The van der Waals surface area contributed by atoms with E-state index in [0.717, 1.165) is 60.2 Å². The second-order valence-electron chi connectivity index (χ2n) is 9.43. The molecule has 5 heteroatoms. The molecule has 0 radical (unpaired) electrons. The van der Waals surface area contributed by atoms with Gasteiger partial charge in [-0.15, -0.1) is 0 Å². The summed E-state index contributed by atoms with van der Waals surface area (Å²) in [6, 6.07) is 15.5. The standard InChI is InChI=1S/C27H35N3O2/c1-3-4-10-25(31)22(16-19-12-13-19)27(32)23-17-30(28)24-14-11-18(2)15-21(24)26(29-23)20-8-6-5-7-9-20/h5-9,11,14-15,19,22-23,25,31H,3-4,10,12-13,16-17,28H2,1-2H3/t22?,23-,25?/m0/s1. The first kappa shape index (κ1) is 22.7. The number of hydrazine groups is 1. The minimum absolute atomic E-state index is 0.0221. The van der Waals surface area contributed by atoms with Crippen molar-refractivity contribution >= 4 is 17.2 Å². The third kappa shape index (κ3) is 5.11. The lowest BCUT2D eigenvalue weighted by molar-refractivity contribution is -0.128. The zero-order valence-corrected chi connectivity index (χ0v) is 19.2. The molecule has 0 amide bonds. The number of Topliss-reactive ketones (excluding diaryl/α,β-unsaturated/α-hetero) is 1. The van der Waals surface area contributed by atoms with Gasteiger partial charge in [-0.05, 0) is 37.8 Å². The van der Waals surface area contributed by atoms with Crippen LogP contribution in [0, 0.1) is 18.8 Å². The molecule has 2 aromatic carbocycles. The topological polar surface area (TPSA) is 78.9 Å². The molecule has 2 aromatic rings. The highest BCUT2D eigenvalue weighted by atomic mass is 16.3. The summed E-state index contributed by atoms with van der Waals surface area (Å²) in [5, 5.41) is 12.6. The van der Waals surface area contributed by atoms with Crippen LogP contribution in [-0.2, 0) is 4.79 Å². The Bertz CT molecular complexity index is 968. The first-order valence-corrected chi connectivity index (χ1v) is 12.0. The summed E-state index contributed by atoms with van der Waals surface area (Å²) >= 11 is 0. The van der Waals surface area contributed by atoms with Crippen molar-refractivity contribution in [2.75, 3.05) is 11.6 Å². The predicted molar refractivity (Wildman–Crippen MR) is 130 cm³/mol. The van der Waals surface area contributed by atoms with E-state index in [1.807, 2.05) is 49.4 Å². The third-order valence-electron chi connectivity index (χ3n) is 6.71. The van der Waals surface area contributed by atoms with Gasteiger partial charge in [0.15, 0.2) is 5.78 Å². The van der Waals surface area contributed by atoms with E-state index in [4.69, 9.17) is 10.8 Å². The van der Waals surface area contributed by atoms with Crippen LogP contribution in [0.3, 0.4) is 0 Å². The molecule has 0 bridgehead atoms.